The number of ketones is 1. The van der Waals surface area contributed by atoms with Crippen LogP contribution in [0.15, 0.2) is 18.2 Å². The molecule has 0 aliphatic carbocycles. The van der Waals surface area contributed by atoms with Gasteiger partial charge in [0.2, 0.25) is 0 Å². The number of aryl methyl sites for hydroxylation is 1. The molecule has 1 aromatic carbocycles. The zero-order chi connectivity index (χ0) is 13.0. The van der Waals surface area contributed by atoms with E-state index >= 15 is 0 Å². The second-order valence-electron chi connectivity index (χ2n) is 4.95. The zero-order valence-electron chi connectivity index (χ0n) is 11.1. The van der Waals surface area contributed by atoms with E-state index in [1.54, 1.807) is 0 Å². The van der Waals surface area contributed by atoms with Gasteiger partial charge in [-0.15, -0.1) is 0 Å². The van der Waals surface area contributed by atoms with Crippen molar-refractivity contribution in [1.82, 2.24) is 0 Å². The number of rotatable bonds is 5. The summed E-state index contributed by atoms with van der Waals surface area (Å²) in [6, 6.07) is 6.02. The molecule has 2 rings (SSSR count). The summed E-state index contributed by atoms with van der Waals surface area (Å²) >= 11 is 0. The van der Waals surface area contributed by atoms with Crippen molar-refractivity contribution in [1.29, 1.82) is 0 Å². The molecular weight excluding hydrogens is 228 g/mol. The zero-order valence-corrected chi connectivity index (χ0v) is 11.1. The van der Waals surface area contributed by atoms with Gasteiger partial charge in [-0.1, -0.05) is 19.9 Å². The van der Waals surface area contributed by atoms with E-state index in [0.29, 0.717) is 25.4 Å². The van der Waals surface area contributed by atoms with Gasteiger partial charge in [0, 0.05) is 12.3 Å². The van der Waals surface area contributed by atoms with Crippen molar-refractivity contribution in [3.63, 3.8) is 0 Å². The Morgan fingerprint density at radius 3 is 2.67 bits per heavy atom. The minimum Gasteiger partial charge on any atom is -0.486 e. The molecule has 0 spiro atoms. The molecule has 18 heavy (non-hydrogen) atoms. The second kappa shape index (κ2) is 5.89. The molecule has 0 fully saturated rings. The SMILES string of the molecule is CC(C)C(=O)CCCc1ccc2c(c1)OCCO2. The van der Waals surface area contributed by atoms with Crippen LogP contribution in [0.1, 0.15) is 32.3 Å². The molecule has 0 amide bonds. The molecule has 1 heterocycles. The minimum atomic E-state index is 0.144. The number of hydrogen-bond donors (Lipinski definition) is 0. The molecule has 1 aliphatic rings. The molecule has 1 aromatic rings. The summed E-state index contributed by atoms with van der Waals surface area (Å²) in [4.78, 5) is 11.5. The highest BCUT2D eigenvalue weighted by Crippen LogP contribution is 2.31. The number of Topliss-reactive ketones (excluding diaryl/α,β-unsaturated/α-hetero) is 1. The first-order chi connectivity index (χ1) is 8.66. The highest BCUT2D eigenvalue weighted by atomic mass is 16.6. The number of hydrogen-bond acceptors (Lipinski definition) is 3. The molecule has 1 aliphatic heterocycles. The van der Waals surface area contributed by atoms with E-state index in [2.05, 4.69) is 0 Å². The first-order valence-corrected chi connectivity index (χ1v) is 6.58. The van der Waals surface area contributed by atoms with Crippen molar-refractivity contribution in [2.75, 3.05) is 13.2 Å². The molecule has 0 saturated heterocycles. The van der Waals surface area contributed by atoms with Crippen molar-refractivity contribution in [2.45, 2.75) is 33.1 Å². The Balaban J connectivity index is 1.88. The van der Waals surface area contributed by atoms with E-state index < -0.39 is 0 Å². The van der Waals surface area contributed by atoms with Gasteiger partial charge in [-0.25, -0.2) is 0 Å². The van der Waals surface area contributed by atoms with E-state index in [9.17, 15) is 4.79 Å². The van der Waals surface area contributed by atoms with Gasteiger partial charge < -0.3 is 9.47 Å². The third-order valence-corrected chi connectivity index (χ3v) is 3.14. The molecule has 0 bridgehead atoms. The Labute approximate surface area is 108 Å². The monoisotopic (exact) mass is 248 g/mol. The van der Waals surface area contributed by atoms with Crippen LogP contribution >= 0.6 is 0 Å². The summed E-state index contributed by atoms with van der Waals surface area (Å²) in [5.41, 5.74) is 1.20. The van der Waals surface area contributed by atoms with E-state index in [1.165, 1.54) is 5.56 Å². The highest BCUT2D eigenvalue weighted by molar-refractivity contribution is 5.80. The predicted molar refractivity (Wildman–Crippen MR) is 70.2 cm³/mol. The maximum Gasteiger partial charge on any atom is 0.161 e. The number of carbonyl (C=O) groups is 1. The molecule has 0 N–H and O–H groups in total. The van der Waals surface area contributed by atoms with Gasteiger partial charge >= 0.3 is 0 Å². The van der Waals surface area contributed by atoms with Gasteiger partial charge in [0.1, 0.15) is 19.0 Å². The van der Waals surface area contributed by atoms with Gasteiger partial charge in [-0.2, -0.15) is 0 Å². The van der Waals surface area contributed by atoms with Gasteiger partial charge in [-0.05, 0) is 30.5 Å². The Kier molecular flexibility index (Phi) is 4.24. The lowest BCUT2D eigenvalue weighted by atomic mass is 10.0. The van der Waals surface area contributed by atoms with Crippen LogP contribution in [0.25, 0.3) is 0 Å². The molecular formula is C15H20O3. The van der Waals surface area contributed by atoms with E-state index in [-0.39, 0.29) is 5.92 Å². The van der Waals surface area contributed by atoms with Crippen LogP contribution in [-0.4, -0.2) is 19.0 Å². The average molecular weight is 248 g/mol. The fourth-order valence-electron chi connectivity index (χ4n) is 2.00. The molecule has 0 unspecified atom stereocenters. The van der Waals surface area contributed by atoms with E-state index in [0.717, 1.165) is 24.3 Å². The maximum absolute atomic E-state index is 11.5. The van der Waals surface area contributed by atoms with Crippen molar-refractivity contribution in [2.24, 2.45) is 5.92 Å². The van der Waals surface area contributed by atoms with Crippen LogP contribution in [0.5, 0.6) is 11.5 Å². The molecule has 0 saturated carbocycles. The summed E-state index contributed by atoms with van der Waals surface area (Å²) in [6.07, 6.45) is 2.47. The first-order valence-electron chi connectivity index (χ1n) is 6.58. The number of benzene rings is 1. The predicted octanol–water partition coefficient (Wildman–Crippen LogP) is 3.01. The molecule has 0 atom stereocenters. The molecule has 3 heteroatoms. The highest BCUT2D eigenvalue weighted by Gasteiger charge is 2.12. The standard InChI is InChI=1S/C15H20O3/c1-11(2)13(16)5-3-4-12-6-7-14-15(10-12)18-9-8-17-14/h6-7,10-11H,3-5,8-9H2,1-2H3. The number of carbonyl (C=O) groups excluding carboxylic acids is 1. The summed E-state index contributed by atoms with van der Waals surface area (Å²) in [7, 11) is 0. The third-order valence-electron chi connectivity index (χ3n) is 3.14. The van der Waals surface area contributed by atoms with Crippen LogP contribution in [-0.2, 0) is 11.2 Å². The van der Waals surface area contributed by atoms with Crippen molar-refractivity contribution < 1.29 is 14.3 Å². The van der Waals surface area contributed by atoms with E-state index in [1.807, 2.05) is 32.0 Å². The fraction of sp³-hybridized carbons (Fsp3) is 0.533. The average Bonchev–Trinajstić information content (AvgIpc) is 2.38. The lowest BCUT2D eigenvalue weighted by molar-refractivity contribution is -0.121. The normalized spacial score (nSPS) is 13.7. The topological polar surface area (TPSA) is 35.5 Å². The Morgan fingerprint density at radius 1 is 1.22 bits per heavy atom. The Hall–Kier alpha value is -1.51. The van der Waals surface area contributed by atoms with E-state index in [4.69, 9.17) is 9.47 Å². The summed E-state index contributed by atoms with van der Waals surface area (Å²) in [6.45, 7) is 5.14. The van der Waals surface area contributed by atoms with Crippen molar-refractivity contribution in [3.8, 4) is 11.5 Å². The first kappa shape index (κ1) is 12.9. The summed E-state index contributed by atoms with van der Waals surface area (Å²) in [5.74, 6) is 2.13. The van der Waals surface area contributed by atoms with Gasteiger partial charge in [0.05, 0.1) is 0 Å². The number of fused-ring (bicyclic) bond motifs is 1. The fourth-order valence-corrected chi connectivity index (χ4v) is 2.00. The van der Waals surface area contributed by atoms with Crippen LogP contribution in [0, 0.1) is 5.92 Å². The lowest BCUT2D eigenvalue weighted by Crippen LogP contribution is -2.15. The van der Waals surface area contributed by atoms with Crippen LogP contribution < -0.4 is 9.47 Å². The summed E-state index contributed by atoms with van der Waals surface area (Å²) < 4.78 is 11.0. The van der Waals surface area contributed by atoms with Gasteiger partial charge in [0.15, 0.2) is 11.5 Å². The lowest BCUT2D eigenvalue weighted by Gasteiger charge is -2.18. The number of ether oxygens (including phenoxy) is 2. The second-order valence-corrected chi connectivity index (χ2v) is 4.95. The Bertz CT molecular complexity index is 424. The van der Waals surface area contributed by atoms with Crippen molar-refractivity contribution >= 4 is 5.78 Å². The van der Waals surface area contributed by atoms with Crippen LogP contribution in [0.3, 0.4) is 0 Å². The van der Waals surface area contributed by atoms with Gasteiger partial charge in [-0.3, -0.25) is 4.79 Å². The van der Waals surface area contributed by atoms with Crippen molar-refractivity contribution in [3.05, 3.63) is 23.8 Å². The third kappa shape index (κ3) is 3.25. The molecule has 3 nitrogen and oxygen atoms in total. The Morgan fingerprint density at radius 2 is 1.94 bits per heavy atom. The maximum atomic E-state index is 11.5. The molecule has 0 aromatic heterocycles. The van der Waals surface area contributed by atoms with Crippen LogP contribution in [0.2, 0.25) is 0 Å². The molecule has 98 valence electrons. The largest absolute Gasteiger partial charge is 0.486 e. The van der Waals surface area contributed by atoms with Crippen LogP contribution in [0.4, 0.5) is 0 Å². The molecule has 0 radical (unpaired) electrons. The quantitative estimate of drug-likeness (QED) is 0.803. The van der Waals surface area contributed by atoms with Gasteiger partial charge in [0.25, 0.3) is 0 Å². The minimum absolute atomic E-state index is 0.144. The summed E-state index contributed by atoms with van der Waals surface area (Å²) in [5, 5.41) is 0. The smallest absolute Gasteiger partial charge is 0.161 e.